The second kappa shape index (κ2) is 14.4. The van der Waals surface area contributed by atoms with Gasteiger partial charge in [0.15, 0.2) is 25.5 Å². The van der Waals surface area contributed by atoms with E-state index in [0.717, 1.165) is 16.7 Å². The quantitative estimate of drug-likeness (QED) is 0.0796. The SMILES string of the molecule is CC(C)(C)[Si](C)(C)OC12C(=O)C=CC[C@@H]1[C@@H](N(CCOCc1ccccc1)Cc1ccccc1)c1onc(OCc3ccccc3)c1C2=O. The van der Waals surface area contributed by atoms with Crippen LogP contribution in [0.1, 0.15) is 66.0 Å². The fourth-order valence-electron chi connectivity index (χ4n) is 6.55. The number of benzene rings is 3. The van der Waals surface area contributed by atoms with Gasteiger partial charge in [0, 0.05) is 19.0 Å². The van der Waals surface area contributed by atoms with Crippen molar-refractivity contribution in [3.05, 3.63) is 131 Å². The highest BCUT2D eigenvalue weighted by Gasteiger charge is 2.65. The third kappa shape index (κ3) is 7.12. The summed E-state index contributed by atoms with van der Waals surface area (Å²) in [6.07, 6.45) is 3.83. The van der Waals surface area contributed by atoms with Crippen LogP contribution in [0.4, 0.5) is 0 Å². The van der Waals surface area contributed by atoms with Gasteiger partial charge in [-0.2, -0.15) is 0 Å². The van der Waals surface area contributed by atoms with Crippen molar-refractivity contribution in [1.82, 2.24) is 10.1 Å². The molecule has 2 aliphatic rings. The normalized spacial score (nSPS) is 20.7. The highest BCUT2D eigenvalue weighted by molar-refractivity contribution is 6.74. The Kier molecular flexibility index (Phi) is 10.2. The summed E-state index contributed by atoms with van der Waals surface area (Å²) in [7, 11) is -2.70. The molecule has 0 radical (unpaired) electrons. The summed E-state index contributed by atoms with van der Waals surface area (Å²) in [4.78, 5) is 31.7. The van der Waals surface area contributed by atoms with Gasteiger partial charge < -0.3 is 18.4 Å². The lowest BCUT2D eigenvalue weighted by molar-refractivity contribution is -0.136. The molecule has 6 rings (SSSR count). The number of ether oxygens (including phenoxy) is 2. The van der Waals surface area contributed by atoms with E-state index in [4.69, 9.17) is 18.4 Å². The molecule has 0 amide bonds. The predicted octanol–water partition coefficient (Wildman–Crippen LogP) is 8.12. The molecule has 4 aromatic rings. The van der Waals surface area contributed by atoms with E-state index in [2.05, 4.69) is 56.1 Å². The van der Waals surface area contributed by atoms with Gasteiger partial charge in [0.1, 0.15) is 12.2 Å². The Labute approximate surface area is 290 Å². The van der Waals surface area contributed by atoms with Gasteiger partial charge in [-0.15, -0.1) is 0 Å². The average Bonchev–Trinajstić information content (AvgIpc) is 3.51. The number of nitrogens with zero attached hydrogens (tertiary/aromatic N) is 2. The molecule has 0 N–H and O–H groups in total. The van der Waals surface area contributed by atoms with Crippen LogP contribution in [-0.4, -0.2) is 48.7 Å². The van der Waals surface area contributed by atoms with Gasteiger partial charge in [-0.05, 0) is 52.5 Å². The van der Waals surface area contributed by atoms with Crippen LogP contribution >= 0.6 is 0 Å². The van der Waals surface area contributed by atoms with E-state index in [9.17, 15) is 4.79 Å². The standard InChI is InChI=1S/C40H46N2O6Si/c1-39(2,3)49(4,5)48-40-32(22-15-23-33(40)43)35(36-34(37(40)44)38(41-47-36)46-28-31-20-13-8-14-21-31)42(26-29-16-9-6-10-17-29)24-25-45-27-30-18-11-7-12-19-30/h6-21,23,32,35H,22,24-28H2,1-5H3/t32-,35-,40?/m1/s1. The average molecular weight is 679 g/mol. The Morgan fingerprint density at radius 1 is 0.878 bits per heavy atom. The van der Waals surface area contributed by atoms with Crippen LogP contribution in [0.3, 0.4) is 0 Å². The fraction of sp³-hybridized carbons (Fsp3) is 0.375. The van der Waals surface area contributed by atoms with Crippen molar-refractivity contribution in [2.45, 2.75) is 76.7 Å². The van der Waals surface area contributed by atoms with E-state index in [0.29, 0.717) is 38.5 Å². The van der Waals surface area contributed by atoms with Crippen molar-refractivity contribution in [1.29, 1.82) is 0 Å². The predicted molar refractivity (Wildman–Crippen MR) is 191 cm³/mol. The highest BCUT2D eigenvalue weighted by atomic mass is 28.4. The molecule has 0 bridgehead atoms. The molecule has 1 heterocycles. The van der Waals surface area contributed by atoms with Crippen LogP contribution in [0.25, 0.3) is 0 Å². The number of Topliss-reactive ketones (excluding diaryl/α,β-unsaturated/α-hetero) is 1. The van der Waals surface area contributed by atoms with Gasteiger partial charge >= 0.3 is 0 Å². The van der Waals surface area contributed by atoms with E-state index in [-0.39, 0.29) is 28.9 Å². The lowest BCUT2D eigenvalue weighted by Gasteiger charge is -2.52. The molecular formula is C40H46N2O6Si. The second-order valence-electron chi connectivity index (χ2n) is 14.5. The zero-order valence-electron chi connectivity index (χ0n) is 29.1. The van der Waals surface area contributed by atoms with Crippen LogP contribution in [0.5, 0.6) is 5.88 Å². The first-order chi connectivity index (χ1) is 23.5. The zero-order valence-corrected chi connectivity index (χ0v) is 30.1. The van der Waals surface area contributed by atoms with Crippen molar-refractivity contribution >= 4 is 19.9 Å². The first-order valence-electron chi connectivity index (χ1n) is 17.0. The van der Waals surface area contributed by atoms with Gasteiger partial charge in [0.2, 0.25) is 5.78 Å². The maximum Gasteiger partial charge on any atom is 0.265 e. The Balaban J connectivity index is 1.44. The zero-order chi connectivity index (χ0) is 34.6. The number of carbonyl (C=O) groups excluding carboxylic acids is 2. The summed E-state index contributed by atoms with van der Waals surface area (Å²) < 4.78 is 25.7. The van der Waals surface area contributed by atoms with Gasteiger partial charge in [0.25, 0.3) is 5.88 Å². The van der Waals surface area contributed by atoms with E-state index in [1.807, 2.05) is 84.9 Å². The van der Waals surface area contributed by atoms with Gasteiger partial charge in [-0.3, -0.25) is 14.5 Å². The molecule has 8 nitrogen and oxygen atoms in total. The molecule has 0 saturated heterocycles. The highest BCUT2D eigenvalue weighted by Crippen LogP contribution is 2.54. The largest absolute Gasteiger partial charge is 0.470 e. The number of ketones is 2. The topological polar surface area (TPSA) is 91.1 Å². The first kappa shape index (κ1) is 34.7. The summed E-state index contributed by atoms with van der Waals surface area (Å²) in [5.74, 6) is -0.869. The van der Waals surface area contributed by atoms with E-state index >= 15 is 4.79 Å². The lowest BCUT2D eigenvalue weighted by Crippen LogP contribution is -2.66. The molecule has 0 fully saturated rings. The van der Waals surface area contributed by atoms with Gasteiger partial charge in [0.05, 0.1) is 19.3 Å². The number of rotatable bonds is 13. The fourth-order valence-corrected chi connectivity index (χ4v) is 8.00. The second-order valence-corrected chi connectivity index (χ2v) is 19.2. The summed E-state index contributed by atoms with van der Waals surface area (Å²) in [5, 5.41) is 4.08. The number of carbonyl (C=O) groups is 2. The smallest absolute Gasteiger partial charge is 0.265 e. The molecule has 9 heteroatoms. The van der Waals surface area contributed by atoms with E-state index in [1.165, 1.54) is 6.08 Å². The number of fused-ring (bicyclic) bond motifs is 2. The van der Waals surface area contributed by atoms with Crippen molar-refractivity contribution in [2.75, 3.05) is 13.2 Å². The maximum absolute atomic E-state index is 15.0. The summed E-state index contributed by atoms with van der Waals surface area (Å²) in [6.45, 7) is 12.6. The molecule has 49 heavy (non-hydrogen) atoms. The summed E-state index contributed by atoms with van der Waals surface area (Å²) >= 11 is 0. The molecular weight excluding hydrogens is 633 g/mol. The number of hydrogen-bond acceptors (Lipinski definition) is 8. The first-order valence-corrected chi connectivity index (χ1v) is 19.9. The van der Waals surface area contributed by atoms with Crippen molar-refractivity contribution < 1.29 is 28.0 Å². The van der Waals surface area contributed by atoms with Crippen molar-refractivity contribution in [3.8, 4) is 5.88 Å². The van der Waals surface area contributed by atoms with Crippen LogP contribution < -0.4 is 4.74 Å². The molecule has 1 unspecified atom stereocenters. The molecule has 0 saturated carbocycles. The van der Waals surface area contributed by atoms with Crippen LogP contribution in [0.2, 0.25) is 18.1 Å². The Bertz CT molecular complexity index is 1770. The van der Waals surface area contributed by atoms with Gasteiger partial charge in [-0.1, -0.05) is 118 Å². The minimum absolute atomic E-state index is 0.0767. The molecule has 256 valence electrons. The molecule has 0 aliphatic heterocycles. The minimum atomic E-state index is -2.70. The van der Waals surface area contributed by atoms with E-state index in [1.54, 1.807) is 0 Å². The summed E-state index contributed by atoms with van der Waals surface area (Å²) in [6, 6.07) is 29.4. The Morgan fingerprint density at radius 3 is 2.08 bits per heavy atom. The van der Waals surface area contributed by atoms with Crippen LogP contribution in [0.15, 0.2) is 108 Å². The molecule has 3 atom stereocenters. The molecule has 2 aliphatic carbocycles. The maximum atomic E-state index is 15.0. The number of hydrogen-bond donors (Lipinski definition) is 0. The van der Waals surface area contributed by atoms with Crippen molar-refractivity contribution in [2.24, 2.45) is 5.92 Å². The van der Waals surface area contributed by atoms with Crippen LogP contribution in [-0.2, 0) is 33.7 Å². The number of aromatic nitrogens is 1. The Hall–Kier alpha value is -4.15. The van der Waals surface area contributed by atoms with Gasteiger partial charge in [-0.25, -0.2) is 0 Å². The monoisotopic (exact) mass is 678 g/mol. The summed E-state index contributed by atoms with van der Waals surface area (Å²) in [5.41, 5.74) is 1.51. The van der Waals surface area contributed by atoms with Crippen molar-refractivity contribution in [3.63, 3.8) is 0 Å². The lowest BCUT2D eigenvalue weighted by atomic mass is 9.65. The molecule has 0 spiro atoms. The third-order valence-corrected chi connectivity index (χ3v) is 14.6. The number of allylic oxidation sites excluding steroid dienone is 1. The Morgan fingerprint density at radius 2 is 1.47 bits per heavy atom. The molecule has 1 aromatic heterocycles. The third-order valence-electron chi connectivity index (χ3n) is 10.1. The molecule has 3 aromatic carbocycles. The minimum Gasteiger partial charge on any atom is -0.470 e. The van der Waals surface area contributed by atoms with Crippen LogP contribution in [0, 0.1) is 5.92 Å². The van der Waals surface area contributed by atoms with E-state index < -0.39 is 31.7 Å².